The SMILES string of the molecule is Cc1nn(C)c(CN2CCCc3c(N)cccc32)c1Cl. The van der Waals surface area contributed by atoms with Crippen LogP contribution < -0.4 is 10.6 Å². The molecule has 106 valence electrons. The van der Waals surface area contributed by atoms with Crippen LogP contribution in [0.3, 0.4) is 0 Å². The average Bonchev–Trinajstić information content (AvgIpc) is 2.66. The molecule has 2 heterocycles. The van der Waals surface area contributed by atoms with Gasteiger partial charge in [0, 0.05) is 25.0 Å². The molecule has 2 N–H and O–H groups in total. The normalized spacial score (nSPS) is 14.4. The summed E-state index contributed by atoms with van der Waals surface area (Å²) in [5, 5.41) is 5.15. The highest BCUT2D eigenvalue weighted by Gasteiger charge is 2.21. The first-order valence-corrected chi connectivity index (χ1v) is 7.26. The zero-order valence-corrected chi connectivity index (χ0v) is 12.6. The summed E-state index contributed by atoms with van der Waals surface area (Å²) >= 11 is 6.36. The second-order valence-corrected chi connectivity index (χ2v) is 5.72. The number of halogens is 1. The van der Waals surface area contributed by atoms with Crippen molar-refractivity contribution in [2.75, 3.05) is 17.2 Å². The second-order valence-electron chi connectivity index (χ2n) is 5.34. The van der Waals surface area contributed by atoms with Gasteiger partial charge in [0.05, 0.1) is 23.0 Å². The van der Waals surface area contributed by atoms with Gasteiger partial charge in [-0.2, -0.15) is 5.10 Å². The van der Waals surface area contributed by atoms with Gasteiger partial charge in [-0.15, -0.1) is 0 Å². The maximum atomic E-state index is 6.36. The molecule has 0 saturated heterocycles. The third-order valence-electron chi connectivity index (χ3n) is 3.99. The van der Waals surface area contributed by atoms with E-state index in [4.69, 9.17) is 17.3 Å². The van der Waals surface area contributed by atoms with Crippen LogP contribution in [0.15, 0.2) is 18.2 Å². The molecule has 3 rings (SSSR count). The van der Waals surface area contributed by atoms with Gasteiger partial charge in [0.1, 0.15) is 0 Å². The van der Waals surface area contributed by atoms with E-state index >= 15 is 0 Å². The van der Waals surface area contributed by atoms with E-state index in [1.165, 1.54) is 11.3 Å². The lowest BCUT2D eigenvalue weighted by Gasteiger charge is -2.32. The van der Waals surface area contributed by atoms with E-state index in [2.05, 4.69) is 16.1 Å². The maximum Gasteiger partial charge on any atom is 0.0865 e. The highest BCUT2D eigenvalue weighted by Crippen LogP contribution is 2.33. The number of nitrogen functional groups attached to an aromatic ring is 1. The molecule has 4 nitrogen and oxygen atoms in total. The second kappa shape index (κ2) is 5.02. The van der Waals surface area contributed by atoms with Crippen molar-refractivity contribution in [2.45, 2.75) is 26.3 Å². The molecule has 0 aliphatic carbocycles. The molecule has 0 spiro atoms. The molecule has 2 aromatic rings. The minimum Gasteiger partial charge on any atom is -0.398 e. The van der Waals surface area contributed by atoms with E-state index in [0.29, 0.717) is 0 Å². The lowest BCUT2D eigenvalue weighted by atomic mass is 10.00. The van der Waals surface area contributed by atoms with Crippen LogP contribution in [-0.2, 0) is 20.0 Å². The van der Waals surface area contributed by atoms with Gasteiger partial charge < -0.3 is 10.6 Å². The maximum absolute atomic E-state index is 6.36. The van der Waals surface area contributed by atoms with Crippen LogP contribution in [0, 0.1) is 6.92 Å². The summed E-state index contributed by atoms with van der Waals surface area (Å²) in [6, 6.07) is 6.13. The van der Waals surface area contributed by atoms with Crippen molar-refractivity contribution >= 4 is 23.0 Å². The molecule has 0 radical (unpaired) electrons. The minimum atomic E-state index is 0.767. The molecular weight excluding hydrogens is 272 g/mol. The molecular formula is C15H19ClN4. The fourth-order valence-corrected chi connectivity index (χ4v) is 3.14. The Hall–Kier alpha value is -1.68. The Morgan fingerprint density at radius 3 is 2.90 bits per heavy atom. The molecule has 0 atom stereocenters. The summed E-state index contributed by atoms with van der Waals surface area (Å²) in [5.41, 5.74) is 11.4. The van der Waals surface area contributed by atoms with Gasteiger partial charge >= 0.3 is 0 Å². The number of anilines is 2. The summed E-state index contributed by atoms with van der Waals surface area (Å²) in [4.78, 5) is 2.34. The van der Waals surface area contributed by atoms with Gasteiger partial charge in [-0.05, 0) is 37.5 Å². The molecule has 0 unspecified atom stereocenters. The van der Waals surface area contributed by atoms with Gasteiger partial charge in [-0.1, -0.05) is 17.7 Å². The van der Waals surface area contributed by atoms with Crippen LogP contribution >= 0.6 is 11.6 Å². The molecule has 0 fully saturated rings. The quantitative estimate of drug-likeness (QED) is 0.865. The van der Waals surface area contributed by atoms with Crippen LogP contribution in [0.25, 0.3) is 0 Å². The zero-order chi connectivity index (χ0) is 14.3. The van der Waals surface area contributed by atoms with E-state index in [1.54, 1.807) is 0 Å². The molecule has 0 amide bonds. The number of hydrogen-bond donors (Lipinski definition) is 1. The van der Waals surface area contributed by atoms with Gasteiger partial charge in [0.2, 0.25) is 0 Å². The Morgan fingerprint density at radius 2 is 2.20 bits per heavy atom. The third kappa shape index (κ3) is 2.14. The summed E-state index contributed by atoms with van der Waals surface area (Å²) in [6.45, 7) is 3.73. The van der Waals surface area contributed by atoms with Crippen LogP contribution in [-0.4, -0.2) is 16.3 Å². The topological polar surface area (TPSA) is 47.1 Å². The third-order valence-corrected chi connectivity index (χ3v) is 4.48. The van der Waals surface area contributed by atoms with Gasteiger partial charge in [-0.3, -0.25) is 4.68 Å². The number of hydrogen-bond acceptors (Lipinski definition) is 3. The molecule has 0 saturated carbocycles. The van der Waals surface area contributed by atoms with Crippen molar-refractivity contribution in [3.63, 3.8) is 0 Å². The Morgan fingerprint density at radius 1 is 1.40 bits per heavy atom. The summed E-state index contributed by atoms with van der Waals surface area (Å²) < 4.78 is 1.87. The fourth-order valence-electron chi connectivity index (χ4n) is 2.92. The number of rotatable bonds is 2. The van der Waals surface area contributed by atoms with Crippen LogP contribution in [0.5, 0.6) is 0 Å². The minimum absolute atomic E-state index is 0.767. The van der Waals surface area contributed by atoms with E-state index in [9.17, 15) is 0 Å². The van der Waals surface area contributed by atoms with Crippen LogP contribution in [0.4, 0.5) is 11.4 Å². The van der Waals surface area contributed by atoms with Crippen molar-refractivity contribution in [1.29, 1.82) is 0 Å². The first-order chi connectivity index (χ1) is 9.58. The predicted octanol–water partition coefficient (Wildman–Crippen LogP) is 2.92. The fraction of sp³-hybridized carbons (Fsp3) is 0.400. The standard InChI is InChI=1S/C15H19ClN4/c1-10-15(16)14(19(2)18-10)9-20-8-4-5-11-12(17)6-3-7-13(11)20/h3,6-7H,4-5,8-9,17H2,1-2H3. The number of benzene rings is 1. The Balaban J connectivity index is 1.96. The molecule has 1 aliphatic rings. The Bertz CT molecular complexity index is 648. The van der Waals surface area contributed by atoms with Gasteiger partial charge in [0.25, 0.3) is 0 Å². The predicted molar refractivity (Wildman–Crippen MR) is 83.2 cm³/mol. The van der Waals surface area contributed by atoms with E-state index in [-0.39, 0.29) is 0 Å². The average molecular weight is 291 g/mol. The van der Waals surface area contributed by atoms with Crippen LogP contribution in [0.1, 0.15) is 23.4 Å². The first kappa shape index (κ1) is 13.3. The Kier molecular flexibility index (Phi) is 3.34. The van der Waals surface area contributed by atoms with Crippen LogP contribution in [0.2, 0.25) is 5.02 Å². The van der Waals surface area contributed by atoms with Crippen molar-refractivity contribution in [2.24, 2.45) is 7.05 Å². The number of nitrogens with zero attached hydrogens (tertiary/aromatic N) is 3. The highest BCUT2D eigenvalue weighted by atomic mass is 35.5. The van der Waals surface area contributed by atoms with E-state index < -0.39 is 0 Å². The van der Waals surface area contributed by atoms with Crippen molar-refractivity contribution < 1.29 is 0 Å². The van der Waals surface area contributed by atoms with Crippen molar-refractivity contribution in [1.82, 2.24) is 9.78 Å². The first-order valence-electron chi connectivity index (χ1n) is 6.88. The van der Waals surface area contributed by atoms with Gasteiger partial charge in [0.15, 0.2) is 0 Å². The molecule has 5 heteroatoms. The van der Waals surface area contributed by atoms with Gasteiger partial charge in [-0.25, -0.2) is 0 Å². The van der Waals surface area contributed by atoms with Crippen molar-refractivity contribution in [3.8, 4) is 0 Å². The molecule has 1 aromatic heterocycles. The lowest BCUT2D eigenvalue weighted by Crippen LogP contribution is -2.30. The summed E-state index contributed by atoms with van der Waals surface area (Å²) in [7, 11) is 1.94. The monoisotopic (exact) mass is 290 g/mol. The largest absolute Gasteiger partial charge is 0.398 e. The molecule has 20 heavy (non-hydrogen) atoms. The number of aromatic nitrogens is 2. The molecule has 0 bridgehead atoms. The molecule has 1 aromatic carbocycles. The Labute approximate surface area is 124 Å². The number of nitrogens with two attached hydrogens (primary N) is 1. The number of fused-ring (bicyclic) bond motifs is 1. The summed E-state index contributed by atoms with van der Waals surface area (Å²) in [5.74, 6) is 0. The number of aryl methyl sites for hydroxylation is 2. The smallest absolute Gasteiger partial charge is 0.0865 e. The van der Waals surface area contributed by atoms with E-state index in [1.807, 2.05) is 30.8 Å². The van der Waals surface area contributed by atoms with Crippen molar-refractivity contribution in [3.05, 3.63) is 40.2 Å². The van der Waals surface area contributed by atoms with E-state index in [0.717, 1.165) is 48.0 Å². The molecule has 1 aliphatic heterocycles. The zero-order valence-electron chi connectivity index (χ0n) is 11.9. The summed E-state index contributed by atoms with van der Waals surface area (Å²) in [6.07, 6.45) is 2.17. The lowest BCUT2D eigenvalue weighted by molar-refractivity contribution is 0.644. The highest BCUT2D eigenvalue weighted by molar-refractivity contribution is 6.31.